The van der Waals surface area contributed by atoms with Crippen LogP contribution in [0.5, 0.6) is 0 Å². The van der Waals surface area contributed by atoms with Gasteiger partial charge >= 0.3 is 0 Å². The number of nitrogens with one attached hydrogen (secondary N) is 2. The van der Waals surface area contributed by atoms with Gasteiger partial charge in [-0.25, -0.2) is 0 Å². The highest BCUT2D eigenvalue weighted by atomic mass is 127. The molecule has 7 heteroatoms. The second kappa shape index (κ2) is 14.0. The van der Waals surface area contributed by atoms with E-state index in [2.05, 4.69) is 48.2 Å². The van der Waals surface area contributed by atoms with Crippen LogP contribution < -0.4 is 16.2 Å². The molecule has 0 saturated heterocycles. The maximum atomic E-state index is 11.6. The quantitative estimate of drug-likeness (QED) is 0.235. The van der Waals surface area contributed by atoms with Crippen LogP contribution in [0, 0.1) is 0 Å². The zero-order valence-corrected chi connectivity index (χ0v) is 19.2. The van der Waals surface area contributed by atoms with E-state index in [4.69, 9.17) is 0 Å². The molecule has 0 aliphatic rings. The molecule has 0 saturated carbocycles. The fourth-order valence-corrected chi connectivity index (χ4v) is 2.90. The Labute approximate surface area is 175 Å². The van der Waals surface area contributed by atoms with Gasteiger partial charge in [-0.2, -0.15) is 0 Å². The van der Waals surface area contributed by atoms with Crippen molar-refractivity contribution in [3.05, 3.63) is 34.7 Å². The molecular formula is C19H36IN5O. The average Bonchev–Trinajstić information content (AvgIpc) is 2.57. The van der Waals surface area contributed by atoms with E-state index in [0.717, 1.165) is 45.0 Å². The van der Waals surface area contributed by atoms with Crippen LogP contribution in [-0.4, -0.2) is 54.2 Å². The van der Waals surface area contributed by atoms with Crippen molar-refractivity contribution in [1.82, 2.24) is 20.1 Å². The number of halogens is 1. The molecule has 0 fully saturated rings. The van der Waals surface area contributed by atoms with Crippen molar-refractivity contribution in [1.29, 1.82) is 0 Å². The summed E-state index contributed by atoms with van der Waals surface area (Å²) in [6, 6.07) is 6.34. The number of unbranched alkanes of at least 4 members (excludes halogenated alkanes) is 1. The van der Waals surface area contributed by atoms with Crippen molar-refractivity contribution in [3.8, 4) is 0 Å². The van der Waals surface area contributed by atoms with Crippen LogP contribution in [0.2, 0.25) is 0 Å². The van der Waals surface area contributed by atoms with Gasteiger partial charge in [0.1, 0.15) is 0 Å². The summed E-state index contributed by atoms with van der Waals surface area (Å²) >= 11 is 0. The number of aliphatic imine (C=N–C) groups is 1. The first-order valence-corrected chi connectivity index (χ1v) is 9.31. The molecule has 0 aliphatic heterocycles. The van der Waals surface area contributed by atoms with Gasteiger partial charge in [-0.05, 0) is 46.6 Å². The average molecular weight is 477 g/mol. The lowest BCUT2D eigenvalue weighted by Gasteiger charge is -2.30. The van der Waals surface area contributed by atoms with Crippen molar-refractivity contribution in [2.45, 2.75) is 59.2 Å². The van der Waals surface area contributed by atoms with Crippen molar-refractivity contribution < 1.29 is 0 Å². The van der Waals surface area contributed by atoms with E-state index in [0.29, 0.717) is 12.1 Å². The Morgan fingerprint density at radius 1 is 1.12 bits per heavy atom. The Bertz CT molecular complexity index is 563. The van der Waals surface area contributed by atoms with Crippen LogP contribution in [0.4, 0.5) is 0 Å². The van der Waals surface area contributed by atoms with E-state index in [9.17, 15) is 4.79 Å². The normalized spacial score (nSPS) is 11.8. The maximum absolute atomic E-state index is 11.6. The first-order chi connectivity index (χ1) is 12.0. The Kier molecular flexibility index (Phi) is 13.4. The van der Waals surface area contributed by atoms with Gasteiger partial charge in [-0.15, -0.1) is 24.0 Å². The third-order valence-electron chi connectivity index (χ3n) is 4.23. The summed E-state index contributed by atoms with van der Waals surface area (Å²) in [5, 5.41) is 6.70. The second-order valence-electron chi connectivity index (χ2n) is 6.79. The predicted octanol–water partition coefficient (Wildman–Crippen LogP) is 2.53. The number of pyridine rings is 1. The standard InChI is InChI=1S/C19H35N5O.HI/c1-16(2)24(17(3)4)15-12-22-19(20-5)21-11-7-9-14-23-13-8-6-10-18(23)25;/h6,8,10,13,16-17H,7,9,11-12,14-15H2,1-5H3,(H2,20,21,22);1H. The van der Waals surface area contributed by atoms with Gasteiger partial charge in [0.15, 0.2) is 5.96 Å². The number of rotatable bonds is 10. The van der Waals surface area contributed by atoms with E-state index in [1.165, 1.54) is 0 Å². The van der Waals surface area contributed by atoms with Crippen LogP contribution in [0.3, 0.4) is 0 Å². The van der Waals surface area contributed by atoms with Crippen LogP contribution >= 0.6 is 24.0 Å². The Balaban J connectivity index is 0.00000625. The first-order valence-electron chi connectivity index (χ1n) is 9.31. The van der Waals surface area contributed by atoms with E-state index in [1.54, 1.807) is 23.7 Å². The summed E-state index contributed by atoms with van der Waals surface area (Å²) in [4.78, 5) is 18.3. The summed E-state index contributed by atoms with van der Waals surface area (Å²) in [6.07, 6.45) is 3.79. The minimum Gasteiger partial charge on any atom is -0.356 e. The largest absolute Gasteiger partial charge is 0.356 e. The number of nitrogens with zero attached hydrogens (tertiary/aromatic N) is 3. The van der Waals surface area contributed by atoms with Crippen molar-refractivity contribution >= 4 is 29.9 Å². The van der Waals surface area contributed by atoms with Crippen molar-refractivity contribution in [2.75, 3.05) is 26.7 Å². The Hall–Kier alpha value is -1.09. The summed E-state index contributed by atoms with van der Waals surface area (Å²) < 4.78 is 1.75. The zero-order valence-electron chi connectivity index (χ0n) is 16.9. The van der Waals surface area contributed by atoms with Gasteiger partial charge in [0, 0.05) is 57.6 Å². The van der Waals surface area contributed by atoms with Crippen LogP contribution in [0.1, 0.15) is 40.5 Å². The van der Waals surface area contributed by atoms with Crippen LogP contribution in [-0.2, 0) is 6.54 Å². The topological polar surface area (TPSA) is 61.7 Å². The van der Waals surface area contributed by atoms with E-state index >= 15 is 0 Å². The van der Waals surface area contributed by atoms with Crippen molar-refractivity contribution in [2.24, 2.45) is 4.99 Å². The fraction of sp³-hybridized carbons (Fsp3) is 0.684. The molecule has 0 spiro atoms. The number of hydrogen-bond acceptors (Lipinski definition) is 3. The smallest absolute Gasteiger partial charge is 0.250 e. The SMILES string of the molecule is CN=C(NCCCCn1ccccc1=O)NCCN(C(C)C)C(C)C.I. The third kappa shape index (κ3) is 9.56. The lowest BCUT2D eigenvalue weighted by atomic mass is 10.2. The molecule has 150 valence electrons. The van der Waals surface area contributed by atoms with Crippen LogP contribution in [0.15, 0.2) is 34.2 Å². The number of aromatic nitrogens is 1. The molecule has 26 heavy (non-hydrogen) atoms. The molecule has 1 rings (SSSR count). The lowest BCUT2D eigenvalue weighted by molar-refractivity contribution is 0.178. The molecule has 1 aromatic heterocycles. The number of guanidine groups is 1. The molecule has 0 bridgehead atoms. The molecule has 0 amide bonds. The monoisotopic (exact) mass is 477 g/mol. The molecular weight excluding hydrogens is 441 g/mol. The minimum atomic E-state index is 0. The fourth-order valence-electron chi connectivity index (χ4n) is 2.90. The summed E-state index contributed by atoms with van der Waals surface area (Å²) in [7, 11) is 1.79. The lowest BCUT2D eigenvalue weighted by Crippen LogP contribution is -2.45. The predicted molar refractivity (Wildman–Crippen MR) is 122 cm³/mol. The molecule has 1 aromatic rings. The molecule has 2 N–H and O–H groups in total. The molecule has 1 heterocycles. The van der Waals surface area contributed by atoms with Gasteiger partial charge in [-0.1, -0.05) is 6.07 Å². The highest BCUT2D eigenvalue weighted by molar-refractivity contribution is 14.0. The summed E-state index contributed by atoms with van der Waals surface area (Å²) in [6.45, 7) is 12.4. The van der Waals surface area contributed by atoms with E-state index < -0.39 is 0 Å². The zero-order chi connectivity index (χ0) is 18.7. The first kappa shape index (κ1) is 24.9. The Morgan fingerprint density at radius 3 is 2.35 bits per heavy atom. The highest BCUT2D eigenvalue weighted by Gasteiger charge is 2.12. The van der Waals surface area contributed by atoms with Crippen LogP contribution in [0.25, 0.3) is 0 Å². The second-order valence-corrected chi connectivity index (χ2v) is 6.79. The third-order valence-corrected chi connectivity index (χ3v) is 4.23. The molecule has 0 radical (unpaired) electrons. The maximum Gasteiger partial charge on any atom is 0.250 e. The molecule has 0 unspecified atom stereocenters. The molecule has 6 nitrogen and oxygen atoms in total. The highest BCUT2D eigenvalue weighted by Crippen LogP contribution is 2.03. The summed E-state index contributed by atoms with van der Waals surface area (Å²) in [5.41, 5.74) is 0.0628. The molecule has 0 aromatic carbocycles. The Morgan fingerprint density at radius 2 is 1.77 bits per heavy atom. The van der Waals surface area contributed by atoms with E-state index in [1.807, 2.05) is 12.3 Å². The van der Waals surface area contributed by atoms with Gasteiger partial charge in [0.25, 0.3) is 0 Å². The van der Waals surface area contributed by atoms with E-state index in [-0.39, 0.29) is 29.5 Å². The van der Waals surface area contributed by atoms with Gasteiger partial charge in [0.05, 0.1) is 0 Å². The van der Waals surface area contributed by atoms with Crippen molar-refractivity contribution in [3.63, 3.8) is 0 Å². The number of hydrogen-bond donors (Lipinski definition) is 2. The molecule has 0 aliphatic carbocycles. The van der Waals surface area contributed by atoms with Gasteiger partial charge in [0.2, 0.25) is 5.56 Å². The number of aryl methyl sites for hydroxylation is 1. The van der Waals surface area contributed by atoms with Gasteiger partial charge < -0.3 is 15.2 Å². The molecule has 0 atom stereocenters. The van der Waals surface area contributed by atoms with Gasteiger partial charge in [-0.3, -0.25) is 14.7 Å². The minimum absolute atomic E-state index is 0. The summed E-state index contributed by atoms with van der Waals surface area (Å²) in [5.74, 6) is 0.837.